The Labute approximate surface area is 108 Å². The van der Waals surface area contributed by atoms with Crippen molar-refractivity contribution in [2.24, 2.45) is 0 Å². The summed E-state index contributed by atoms with van der Waals surface area (Å²) in [6.07, 6.45) is 2.84. The van der Waals surface area contributed by atoms with Gasteiger partial charge in [0.05, 0.1) is 11.3 Å². The maximum absolute atomic E-state index is 8.97. The van der Waals surface area contributed by atoms with Crippen LogP contribution in [0, 0.1) is 11.3 Å². The highest BCUT2D eigenvalue weighted by atomic mass is 15.3. The van der Waals surface area contributed by atoms with Gasteiger partial charge in [-0.15, -0.1) is 0 Å². The van der Waals surface area contributed by atoms with E-state index in [0.29, 0.717) is 11.3 Å². The topological polar surface area (TPSA) is 69.2 Å². The van der Waals surface area contributed by atoms with E-state index < -0.39 is 0 Å². The monoisotopic (exact) mass is 245 g/mol. The molecule has 0 saturated carbocycles. The maximum atomic E-state index is 8.97. The number of anilines is 2. The van der Waals surface area contributed by atoms with Crippen molar-refractivity contribution in [2.75, 3.05) is 43.4 Å². The fourth-order valence-corrected chi connectivity index (χ4v) is 2.31. The summed E-state index contributed by atoms with van der Waals surface area (Å²) < 4.78 is 0. The molecule has 1 aliphatic heterocycles. The van der Waals surface area contributed by atoms with E-state index in [4.69, 9.17) is 11.0 Å². The number of rotatable bonds is 3. The van der Waals surface area contributed by atoms with E-state index in [2.05, 4.69) is 27.8 Å². The average Bonchev–Trinajstić information content (AvgIpc) is 2.41. The van der Waals surface area contributed by atoms with Gasteiger partial charge in [0.2, 0.25) is 0 Å². The van der Waals surface area contributed by atoms with Crippen LogP contribution in [-0.4, -0.2) is 42.6 Å². The molecule has 2 N–H and O–H groups in total. The highest BCUT2D eigenvalue weighted by molar-refractivity contribution is 5.70. The molecule has 0 unspecified atom stereocenters. The van der Waals surface area contributed by atoms with E-state index in [1.807, 2.05) is 0 Å². The Bertz CT molecular complexity index is 443. The molecule has 1 aromatic rings. The molecule has 1 aromatic heterocycles. The summed E-state index contributed by atoms with van der Waals surface area (Å²) in [7, 11) is 0. The smallest absolute Gasteiger partial charge is 0.153 e. The van der Waals surface area contributed by atoms with Gasteiger partial charge in [-0.2, -0.15) is 5.26 Å². The third-order valence-electron chi connectivity index (χ3n) is 3.30. The highest BCUT2D eigenvalue weighted by Gasteiger charge is 2.19. The minimum absolute atomic E-state index is 0.504. The molecule has 1 saturated heterocycles. The van der Waals surface area contributed by atoms with Crippen LogP contribution in [0.4, 0.5) is 11.5 Å². The first-order chi connectivity index (χ1) is 8.76. The van der Waals surface area contributed by atoms with E-state index in [1.165, 1.54) is 6.42 Å². The van der Waals surface area contributed by atoms with Crippen molar-refractivity contribution < 1.29 is 0 Å². The zero-order valence-corrected chi connectivity index (χ0v) is 10.8. The number of pyridine rings is 1. The van der Waals surface area contributed by atoms with Gasteiger partial charge in [0.25, 0.3) is 0 Å². The Morgan fingerprint density at radius 3 is 2.72 bits per heavy atom. The number of nitrogens with zero attached hydrogens (tertiary/aromatic N) is 4. The number of hydrogen-bond donors (Lipinski definition) is 1. The number of hydrogen-bond acceptors (Lipinski definition) is 5. The molecule has 0 radical (unpaired) electrons. The fourth-order valence-electron chi connectivity index (χ4n) is 2.31. The van der Waals surface area contributed by atoms with Crippen LogP contribution in [0.25, 0.3) is 0 Å². The second kappa shape index (κ2) is 5.69. The first-order valence-corrected chi connectivity index (χ1v) is 6.38. The first-order valence-electron chi connectivity index (χ1n) is 6.38. The van der Waals surface area contributed by atoms with Gasteiger partial charge in [-0.05, 0) is 19.0 Å². The first kappa shape index (κ1) is 12.7. The lowest BCUT2D eigenvalue weighted by molar-refractivity contribution is 0.258. The quantitative estimate of drug-likeness (QED) is 0.862. The van der Waals surface area contributed by atoms with Crippen LogP contribution in [0.3, 0.4) is 0 Å². The van der Waals surface area contributed by atoms with Gasteiger partial charge in [0.1, 0.15) is 6.07 Å². The van der Waals surface area contributed by atoms with Crippen molar-refractivity contribution in [2.45, 2.75) is 13.3 Å². The lowest BCUT2D eigenvalue weighted by atomic mass is 10.2. The van der Waals surface area contributed by atoms with Gasteiger partial charge in [-0.3, -0.25) is 4.90 Å². The summed E-state index contributed by atoms with van der Waals surface area (Å²) >= 11 is 0. The summed E-state index contributed by atoms with van der Waals surface area (Å²) in [6.45, 7) is 7.26. The number of nitriles is 1. The second-order valence-electron chi connectivity index (χ2n) is 4.54. The highest BCUT2D eigenvalue weighted by Crippen LogP contribution is 2.24. The third-order valence-corrected chi connectivity index (χ3v) is 3.30. The second-order valence-corrected chi connectivity index (χ2v) is 4.54. The Morgan fingerprint density at radius 2 is 2.11 bits per heavy atom. The van der Waals surface area contributed by atoms with Crippen LogP contribution < -0.4 is 10.6 Å². The molecule has 96 valence electrons. The Balaban J connectivity index is 2.08. The molecule has 0 atom stereocenters. The molecular formula is C13H19N5. The van der Waals surface area contributed by atoms with Crippen LogP contribution >= 0.6 is 0 Å². The number of piperazine rings is 1. The standard InChI is InChI=1S/C13H19N5/c1-2-5-17-6-8-18(9-7-17)13-12(15)11(10-14)3-4-16-13/h3-4H,2,5-9,15H2,1H3. The molecule has 1 aliphatic rings. The zero-order valence-electron chi connectivity index (χ0n) is 10.8. The Morgan fingerprint density at radius 1 is 1.39 bits per heavy atom. The molecular weight excluding hydrogens is 226 g/mol. The van der Waals surface area contributed by atoms with Crippen LogP contribution in [-0.2, 0) is 0 Å². The predicted molar refractivity (Wildman–Crippen MR) is 72.3 cm³/mol. The lowest BCUT2D eigenvalue weighted by Gasteiger charge is -2.35. The normalized spacial score (nSPS) is 16.6. The molecule has 1 fully saturated rings. The maximum Gasteiger partial charge on any atom is 0.153 e. The molecule has 2 heterocycles. The van der Waals surface area contributed by atoms with E-state index in [-0.39, 0.29) is 0 Å². The van der Waals surface area contributed by atoms with Crippen LogP contribution in [0.15, 0.2) is 12.3 Å². The number of aromatic nitrogens is 1. The van der Waals surface area contributed by atoms with Gasteiger partial charge in [0.15, 0.2) is 5.82 Å². The predicted octanol–water partition coefficient (Wildman–Crippen LogP) is 1.07. The Hall–Kier alpha value is -1.80. The summed E-state index contributed by atoms with van der Waals surface area (Å²) in [6, 6.07) is 3.76. The van der Waals surface area contributed by atoms with Crippen molar-refractivity contribution in [3.8, 4) is 6.07 Å². The van der Waals surface area contributed by atoms with Gasteiger partial charge in [-0.1, -0.05) is 6.92 Å². The minimum Gasteiger partial charge on any atom is -0.395 e. The summed E-state index contributed by atoms with van der Waals surface area (Å²) in [5, 5.41) is 8.97. The van der Waals surface area contributed by atoms with Crippen LogP contribution in [0.2, 0.25) is 0 Å². The van der Waals surface area contributed by atoms with Gasteiger partial charge >= 0.3 is 0 Å². The van der Waals surface area contributed by atoms with E-state index in [1.54, 1.807) is 12.3 Å². The molecule has 0 aliphatic carbocycles. The fraction of sp³-hybridized carbons (Fsp3) is 0.538. The van der Waals surface area contributed by atoms with Crippen molar-refractivity contribution >= 4 is 11.5 Å². The molecule has 2 rings (SSSR count). The summed E-state index contributed by atoms with van der Waals surface area (Å²) in [5.41, 5.74) is 6.99. The van der Waals surface area contributed by atoms with Gasteiger partial charge in [0, 0.05) is 32.4 Å². The SMILES string of the molecule is CCCN1CCN(c2nccc(C#N)c2N)CC1. The minimum atomic E-state index is 0.504. The lowest BCUT2D eigenvalue weighted by Crippen LogP contribution is -2.47. The molecule has 0 bridgehead atoms. The largest absolute Gasteiger partial charge is 0.395 e. The van der Waals surface area contributed by atoms with Crippen molar-refractivity contribution in [3.05, 3.63) is 17.8 Å². The molecule has 0 aromatic carbocycles. The van der Waals surface area contributed by atoms with Crippen LogP contribution in [0.5, 0.6) is 0 Å². The van der Waals surface area contributed by atoms with E-state index in [9.17, 15) is 0 Å². The molecule has 5 nitrogen and oxygen atoms in total. The Kier molecular flexibility index (Phi) is 4.00. The molecule has 0 amide bonds. The van der Waals surface area contributed by atoms with E-state index in [0.717, 1.165) is 38.5 Å². The number of nitrogen functional groups attached to an aromatic ring is 1. The van der Waals surface area contributed by atoms with E-state index >= 15 is 0 Å². The summed E-state index contributed by atoms with van der Waals surface area (Å²) in [4.78, 5) is 8.93. The average molecular weight is 245 g/mol. The molecule has 18 heavy (non-hydrogen) atoms. The third kappa shape index (κ3) is 2.54. The van der Waals surface area contributed by atoms with Crippen LogP contribution in [0.1, 0.15) is 18.9 Å². The zero-order chi connectivity index (χ0) is 13.0. The molecule has 0 spiro atoms. The van der Waals surface area contributed by atoms with Crippen molar-refractivity contribution in [1.82, 2.24) is 9.88 Å². The van der Waals surface area contributed by atoms with Gasteiger partial charge in [-0.25, -0.2) is 4.98 Å². The summed E-state index contributed by atoms with van der Waals surface area (Å²) in [5.74, 6) is 0.755. The van der Waals surface area contributed by atoms with Crippen molar-refractivity contribution in [1.29, 1.82) is 5.26 Å². The van der Waals surface area contributed by atoms with Crippen molar-refractivity contribution in [3.63, 3.8) is 0 Å². The van der Waals surface area contributed by atoms with Gasteiger partial charge < -0.3 is 10.6 Å². The number of nitrogens with two attached hydrogens (primary N) is 1. The molecule has 5 heteroatoms.